The van der Waals surface area contributed by atoms with Crippen molar-refractivity contribution in [3.63, 3.8) is 0 Å². The van der Waals surface area contributed by atoms with Crippen LogP contribution in [0.4, 0.5) is 11.5 Å². The van der Waals surface area contributed by atoms with Gasteiger partial charge in [0.15, 0.2) is 0 Å². The lowest BCUT2D eigenvalue weighted by atomic mass is 9.73. The SMILES string of the molecule is CC1(C)CCN(C2CC(N3C(=O)C4(CCN(c5ccccn5)CC4)c4ccccc43)C2)C1. The molecule has 3 aliphatic heterocycles. The molecule has 0 atom stereocenters. The van der Waals surface area contributed by atoms with Crippen molar-refractivity contribution >= 4 is 17.4 Å². The predicted molar refractivity (Wildman–Crippen MR) is 128 cm³/mol. The van der Waals surface area contributed by atoms with Gasteiger partial charge >= 0.3 is 0 Å². The van der Waals surface area contributed by atoms with Gasteiger partial charge in [0, 0.05) is 43.6 Å². The number of benzene rings is 1. The number of hydrogen-bond acceptors (Lipinski definition) is 4. The van der Waals surface area contributed by atoms with Crippen LogP contribution in [-0.2, 0) is 10.2 Å². The molecular formula is C27H34N4O. The predicted octanol–water partition coefficient (Wildman–Crippen LogP) is 4.23. The first-order valence-corrected chi connectivity index (χ1v) is 12.3. The maximum Gasteiger partial charge on any atom is 0.238 e. The van der Waals surface area contributed by atoms with Crippen molar-refractivity contribution in [1.82, 2.24) is 9.88 Å². The van der Waals surface area contributed by atoms with E-state index in [0.717, 1.165) is 44.6 Å². The van der Waals surface area contributed by atoms with Crippen molar-refractivity contribution < 1.29 is 4.79 Å². The molecule has 0 radical (unpaired) electrons. The molecule has 0 unspecified atom stereocenters. The highest BCUT2D eigenvalue weighted by Gasteiger charge is 2.55. The summed E-state index contributed by atoms with van der Waals surface area (Å²) in [5, 5.41) is 0. The van der Waals surface area contributed by atoms with Crippen LogP contribution in [0.15, 0.2) is 48.7 Å². The lowest BCUT2D eigenvalue weighted by Crippen LogP contribution is -2.57. The molecule has 3 fully saturated rings. The fraction of sp³-hybridized carbons (Fsp3) is 0.556. The molecule has 32 heavy (non-hydrogen) atoms. The van der Waals surface area contributed by atoms with Crippen molar-refractivity contribution in [2.45, 2.75) is 63.5 Å². The number of aromatic nitrogens is 1. The third-order valence-corrected chi connectivity index (χ3v) is 8.57. The number of fused-ring (bicyclic) bond motifs is 2. The summed E-state index contributed by atoms with van der Waals surface area (Å²) in [4.78, 5) is 25.8. The van der Waals surface area contributed by atoms with Crippen LogP contribution in [0.1, 0.15) is 51.5 Å². The summed E-state index contributed by atoms with van der Waals surface area (Å²) in [7, 11) is 0. The van der Waals surface area contributed by atoms with Crippen LogP contribution in [0.25, 0.3) is 0 Å². The zero-order chi connectivity index (χ0) is 21.9. The van der Waals surface area contributed by atoms with Crippen molar-refractivity contribution in [2.24, 2.45) is 5.41 Å². The molecule has 2 aromatic rings. The number of likely N-dealkylation sites (tertiary alicyclic amines) is 1. The second kappa shape index (κ2) is 7.31. The number of nitrogens with zero attached hydrogens (tertiary/aromatic N) is 4. The highest BCUT2D eigenvalue weighted by molar-refractivity contribution is 6.09. The average Bonchev–Trinajstić information content (AvgIpc) is 3.25. The monoisotopic (exact) mass is 430 g/mol. The summed E-state index contributed by atoms with van der Waals surface area (Å²) >= 11 is 0. The molecule has 0 N–H and O–H groups in total. The Kier molecular flexibility index (Phi) is 4.62. The van der Waals surface area contributed by atoms with Crippen LogP contribution in [0.3, 0.4) is 0 Å². The Labute approximate surface area is 191 Å². The van der Waals surface area contributed by atoms with Crippen LogP contribution < -0.4 is 9.80 Å². The van der Waals surface area contributed by atoms with E-state index in [1.54, 1.807) is 0 Å². The van der Waals surface area contributed by atoms with E-state index in [9.17, 15) is 4.79 Å². The first kappa shape index (κ1) is 20.2. The number of carbonyl (C=O) groups is 1. The standard InChI is InChI=1S/C27H34N4O/c1-26(2)10-14-30(19-26)20-17-21(18-20)31-23-8-4-3-7-22(23)27(25(31)32)11-15-29(16-12-27)24-9-5-6-13-28-24/h3-9,13,20-21H,10-12,14-19H2,1-2H3. The minimum absolute atomic E-state index is 0.351. The van der Waals surface area contributed by atoms with Crippen molar-refractivity contribution in [3.8, 4) is 0 Å². The molecule has 6 rings (SSSR count). The molecule has 1 spiro atoms. The normalized spacial score (nSPS) is 28.8. The van der Waals surface area contributed by atoms with Crippen molar-refractivity contribution in [1.29, 1.82) is 0 Å². The molecule has 5 heteroatoms. The first-order chi connectivity index (χ1) is 15.5. The number of pyridine rings is 1. The molecule has 4 heterocycles. The number of amides is 1. The third kappa shape index (κ3) is 3.08. The Bertz CT molecular complexity index is 1010. The highest BCUT2D eigenvalue weighted by atomic mass is 16.2. The minimum atomic E-state index is -0.359. The van der Waals surface area contributed by atoms with E-state index in [1.807, 2.05) is 18.3 Å². The molecule has 2 saturated heterocycles. The second-order valence-corrected chi connectivity index (χ2v) is 11.1. The van der Waals surface area contributed by atoms with Crippen LogP contribution in [0.2, 0.25) is 0 Å². The van der Waals surface area contributed by atoms with Gasteiger partial charge < -0.3 is 9.80 Å². The van der Waals surface area contributed by atoms with Gasteiger partial charge in [0.25, 0.3) is 0 Å². The largest absolute Gasteiger partial charge is 0.357 e. The van der Waals surface area contributed by atoms with Gasteiger partial charge in [-0.2, -0.15) is 0 Å². The van der Waals surface area contributed by atoms with Crippen molar-refractivity contribution in [3.05, 3.63) is 54.2 Å². The number of anilines is 2. The molecule has 168 valence electrons. The van der Waals surface area contributed by atoms with E-state index in [0.29, 0.717) is 23.4 Å². The van der Waals surface area contributed by atoms with E-state index < -0.39 is 0 Å². The summed E-state index contributed by atoms with van der Waals surface area (Å²) < 4.78 is 0. The number of piperidine rings is 1. The summed E-state index contributed by atoms with van der Waals surface area (Å²) in [6.45, 7) is 8.92. The second-order valence-electron chi connectivity index (χ2n) is 11.1. The number of carbonyl (C=O) groups excluding carboxylic acids is 1. The Morgan fingerprint density at radius 1 is 0.906 bits per heavy atom. The van der Waals surface area contributed by atoms with Gasteiger partial charge in [0.1, 0.15) is 5.82 Å². The van der Waals surface area contributed by atoms with Gasteiger partial charge in [-0.1, -0.05) is 38.1 Å². The van der Waals surface area contributed by atoms with E-state index in [1.165, 1.54) is 30.8 Å². The van der Waals surface area contributed by atoms with Gasteiger partial charge in [0.2, 0.25) is 5.91 Å². The lowest BCUT2D eigenvalue weighted by molar-refractivity contribution is -0.125. The molecule has 1 aromatic heterocycles. The molecule has 1 saturated carbocycles. The topological polar surface area (TPSA) is 39.7 Å². The molecule has 4 aliphatic rings. The lowest BCUT2D eigenvalue weighted by Gasteiger charge is -2.46. The van der Waals surface area contributed by atoms with Crippen LogP contribution in [0, 0.1) is 5.41 Å². The molecule has 1 aromatic carbocycles. The van der Waals surface area contributed by atoms with Crippen LogP contribution in [0.5, 0.6) is 0 Å². The summed E-state index contributed by atoms with van der Waals surface area (Å²) in [6.07, 6.45) is 7.11. The van der Waals surface area contributed by atoms with E-state index in [2.05, 4.69) is 63.9 Å². The number of para-hydroxylation sites is 1. The van der Waals surface area contributed by atoms with Gasteiger partial charge in [-0.25, -0.2) is 4.98 Å². The summed E-state index contributed by atoms with van der Waals surface area (Å²) in [6, 6.07) is 15.7. The van der Waals surface area contributed by atoms with Crippen molar-refractivity contribution in [2.75, 3.05) is 36.0 Å². The van der Waals surface area contributed by atoms with Crippen LogP contribution >= 0.6 is 0 Å². The van der Waals surface area contributed by atoms with E-state index >= 15 is 0 Å². The Hall–Kier alpha value is -2.40. The Morgan fingerprint density at radius 3 is 2.34 bits per heavy atom. The first-order valence-electron chi connectivity index (χ1n) is 12.3. The maximum atomic E-state index is 14.0. The fourth-order valence-corrected chi connectivity index (χ4v) is 6.58. The average molecular weight is 431 g/mol. The molecule has 1 aliphatic carbocycles. The van der Waals surface area contributed by atoms with Gasteiger partial charge in [-0.05, 0) is 67.8 Å². The van der Waals surface area contributed by atoms with E-state index in [4.69, 9.17) is 0 Å². The zero-order valence-corrected chi connectivity index (χ0v) is 19.3. The molecule has 1 amide bonds. The molecule has 0 bridgehead atoms. The maximum absolute atomic E-state index is 14.0. The summed E-state index contributed by atoms with van der Waals surface area (Å²) in [5.41, 5.74) is 2.51. The van der Waals surface area contributed by atoms with Crippen LogP contribution in [-0.4, -0.2) is 54.1 Å². The van der Waals surface area contributed by atoms with Gasteiger partial charge in [0.05, 0.1) is 5.41 Å². The van der Waals surface area contributed by atoms with Gasteiger partial charge in [-0.3, -0.25) is 9.69 Å². The van der Waals surface area contributed by atoms with E-state index in [-0.39, 0.29) is 5.41 Å². The quantitative estimate of drug-likeness (QED) is 0.731. The van der Waals surface area contributed by atoms with Gasteiger partial charge in [-0.15, -0.1) is 0 Å². The summed E-state index contributed by atoms with van der Waals surface area (Å²) in [5.74, 6) is 1.37. The zero-order valence-electron chi connectivity index (χ0n) is 19.3. The smallest absolute Gasteiger partial charge is 0.238 e. The fourth-order valence-electron chi connectivity index (χ4n) is 6.58. The Balaban J connectivity index is 1.20. The number of rotatable bonds is 3. The Morgan fingerprint density at radius 2 is 1.66 bits per heavy atom. The number of hydrogen-bond donors (Lipinski definition) is 0. The third-order valence-electron chi connectivity index (χ3n) is 8.57. The molecule has 5 nitrogen and oxygen atoms in total. The minimum Gasteiger partial charge on any atom is -0.357 e. The molecular weight excluding hydrogens is 396 g/mol. The highest BCUT2D eigenvalue weighted by Crippen LogP contribution is 2.51.